The molecule has 1 saturated heterocycles. The molecule has 1 atom stereocenters. The summed E-state index contributed by atoms with van der Waals surface area (Å²) in [5.41, 5.74) is 3.44. The van der Waals surface area contributed by atoms with Crippen molar-refractivity contribution in [2.75, 3.05) is 26.7 Å². The van der Waals surface area contributed by atoms with E-state index in [0.29, 0.717) is 29.2 Å². The van der Waals surface area contributed by atoms with Crippen LogP contribution >= 0.6 is 0 Å². The lowest BCUT2D eigenvalue weighted by atomic mass is 10.1. The van der Waals surface area contributed by atoms with Crippen molar-refractivity contribution in [2.24, 2.45) is 5.92 Å². The van der Waals surface area contributed by atoms with Gasteiger partial charge in [-0.05, 0) is 43.6 Å². The number of amides is 1. The van der Waals surface area contributed by atoms with Gasteiger partial charge in [-0.1, -0.05) is 12.1 Å². The molecule has 1 aliphatic rings. The van der Waals surface area contributed by atoms with Gasteiger partial charge in [0.2, 0.25) is 0 Å². The van der Waals surface area contributed by atoms with Crippen LogP contribution in [0.1, 0.15) is 22.3 Å². The molecule has 1 aliphatic heterocycles. The van der Waals surface area contributed by atoms with E-state index in [0.717, 1.165) is 30.6 Å². The number of likely N-dealkylation sites (tertiary alicyclic amines) is 1. The first-order chi connectivity index (χ1) is 13.1. The van der Waals surface area contributed by atoms with E-state index in [-0.39, 0.29) is 5.91 Å². The molecular weight excluding hydrogens is 340 g/mol. The van der Waals surface area contributed by atoms with E-state index in [1.54, 1.807) is 10.7 Å². The SMILES string of the molecule is CN1CCC(CNC(=O)c2ccc(-c3cnc4c(C#N)cnn4c3)cc2)C1. The number of fused-ring (bicyclic) bond motifs is 1. The zero-order chi connectivity index (χ0) is 18.8. The summed E-state index contributed by atoms with van der Waals surface area (Å²) in [4.78, 5) is 19.0. The summed E-state index contributed by atoms with van der Waals surface area (Å²) < 4.78 is 1.59. The number of carbonyl (C=O) groups excluding carboxylic acids is 1. The maximum atomic E-state index is 12.4. The Morgan fingerprint density at radius 3 is 2.81 bits per heavy atom. The van der Waals surface area contributed by atoms with Gasteiger partial charge in [0.05, 0.1) is 6.20 Å². The molecular formula is C20H20N6O. The zero-order valence-corrected chi connectivity index (χ0v) is 15.1. The van der Waals surface area contributed by atoms with E-state index in [9.17, 15) is 4.79 Å². The lowest BCUT2D eigenvalue weighted by Gasteiger charge is -2.12. The Hall–Kier alpha value is -3.24. The molecule has 1 aromatic carbocycles. The summed E-state index contributed by atoms with van der Waals surface area (Å²) in [5, 5.41) is 16.2. The van der Waals surface area contributed by atoms with Gasteiger partial charge < -0.3 is 10.2 Å². The van der Waals surface area contributed by atoms with Crippen LogP contribution < -0.4 is 5.32 Å². The van der Waals surface area contributed by atoms with Gasteiger partial charge in [-0.3, -0.25) is 4.79 Å². The topological polar surface area (TPSA) is 86.3 Å². The molecule has 1 amide bonds. The number of carbonyl (C=O) groups is 1. The fourth-order valence-corrected chi connectivity index (χ4v) is 3.45. The number of benzene rings is 1. The van der Waals surface area contributed by atoms with E-state index < -0.39 is 0 Å². The predicted octanol–water partition coefficient (Wildman–Crippen LogP) is 1.95. The molecule has 0 bridgehead atoms. The van der Waals surface area contributed by atoms with E-state index >= 15 is 0 Å². The predicted molar refractivity (Wildman–Crippen MR) is 101 cm³/mol. The van der Waals surface area contributed by atoms with E-state index in [2.05, 4.69) is 33.4 Å². The number of aromatic nitrogens is 3. The molecule has 2 aromatic heterocycles. The van der Waals surface area contributed by atoms with Crippen LogP contribution in [0.25, 0.3) is 16.8 Å². The second-order valence-electron chi connectivity index (χ2n) is 6.99. The Kier molecular flexibility index (Phi) is 4.57. The van der Waals surface area contributed by atoms with Crippen LogP contribution in [-0.4, -0.2) is 52.1 Å². The second-order valence-corrected chi connectivity index (χ2v) is 6.99. The summed E-state index contributed by atoms with van der Waals surface area (Å²) >= 11 is 0. The fourth-order valence-electron chi connectivity index (χ4n) is 3.45. The number of nitriles is 1. The Morgan fingerprint density at radius 1 is 1.30 bits per heavy atom. The molecule has 27 heavy (non-hydrogen) atoms. The van der Waals surface area contributed by atoms with Crippen LogP contribution in [0, 0.1) is 17.2 Å². The monoisotopic (exact) mass is 360 g/mol. The van der Waals surface area contributed by atoms with Crippen molar-refractivity contribution < 1.29 is 4.79 Å². The highest BCUT2D eigenvalue weighted by molar-refractivity contribution is 5.94. The molecule has 1 fully saturated rings. The third kappa shape index (κ3) is 3.52. The van der Waals surface area contributed by atoms with Crippen LogP contribution in [0.5, 0.6) is 0 Å². The lowest BCUT2D eigenvalue weighted by Crippen LogP contribution is -2.30. The standard InChI is InChI=1S/C20H20N6O/c1-25-7-6-14(12-25)9-23-20(27)16-4-2-15(3-5-16)18-10-22-19-17(8-21)11-24-26(19)13-18/h2-5,10-11,13-14H,6-7,9,12H2,1H3,(H,23,27). The van der Waals surface area contributed by atoms with Crippen LogP contribution in [0.2, 0.25) is 0 Å². The minimum atomic E-state index is -0.0459. The van der Waals surface area contributed by atoms with Gasteiger partial charge in [-0.25, -0.2) is 9.50 Å². The molecule has 136 valence electrons. The normalized spacial score (nSPS) is 17.1. The highest BCUT2D eigenvalue weighted by Gasteiger charge is 2.20. The van der Waals surface area contributed by atoms with Gasteiger partial charge >= 0.3 is 0 Å². The second kappa shape index (κ2) is 7.17. The lowest BCUT2D eigenvalue weighted by molar-refractivity contribution is 0.0947. The van der Waals surface area contributed by atoms with Crippen LogP contribution in [0.3, 0.4) is 0 Å². The van der Waals surface area contributed by atoms with Crippen LogP contribution in [-0.2, 0) is 0 Å². The molecule has 0 radical (unpaired) electrons. The first kappa shape index (κ1) is 17.2. The Morgan fingerprint density at radius 2 is 2.11 bits per heavy atom. The molecule has 1 unspecified atom stereocenters. The summed E-state index contributed by atoms with van der Waals surface area (Å²) in [6, 6.07) is 9.51. The largest absolute Gasteiger partial charge is 0.352 e. The Labute approximate surface area is 157 Å². The van der Waals surface area contributed by atoms with Gasteiger partial charge in [-0.15, -0.1) is 0 Å². The van der Waals surface area contributed by atoms with E-state index in [1.165, 1.54) is 6.20 Å². The molecule has 0 aliphatic carbocycles. The summed E-state index contributed by atoms with van der Waals surface area (Å²) in [7, 11) is 2.11. The van der Waals surface area contributed by atoms with Crippen molar-refractivity contribution in [3.63, 3.8) is 0 Å². The summed E-state index contributed by atoms with van der Waals surface area (Å²) in [5.74, 6) is 0.485. The van der Waals surface area contributed by atoms with Gasteiger partial charge in [-0.2, -0.15) is 10.4 Å². The zero-order valence-electron chi connectivity index (χ0n) is 15.1. The summed E-state index contributed by atoms with van der Waals surface area (Å²) in [6.45, 7) is 2.85. The quantitative estimate of drug-likeness (QED) is 0.768. The number of nitrogens with zero attached hydrogens (tertiary/aromatic N) is 5. The van der Waals surface area contributed by atoms with Gasteiger partial charge in [0.25, 0.3) is 5.91 Å². The van der Waals surface area contributed by atoms with Crippen molar-refractivity contribution >= 4 is 11.6 Å². The van der Waals surface area contributed by atoms with Crippen molar-refractivity contribution in [2.45, 2.75) is 6.42 Å². The number of nitrogens with one attached hydrogen (secondary N) is 1. The third-order valence-electron chi connectivity index (χ3n) is 5.00. The van der Waals surface area contributed by atoms with E-state index in [1.807, 2.05) is 30.5 Å². The van der Waals surface area contributed by atoms with Crippen LogP contribution in [0.4, 0.5) is 0 Å². The maximum Gasteiger partial charge on any atom is 0.251 e. The number of hydrogen-bond acceptors (Lipinski definition) is 5. The van der Waals surface area contributed by atoms with Gasteiger partial charge in [0.1, 0.15) is 11.6 Å². The third-order valence-corrected chi connectivity index (χ3v) is 5.00. The minimum absolute atomic E-state index is 0.0459. The van der Waals surface area contributed by atoms with Crippen molar-refractivity contribution in [1.29, 1.82) is 5.26 Å². The average molecular weight is 360 g/mol. The molecule has 7 heteroatoms. The average Bonchev–Trinajstić information content (AvgIpc) is 3.31. The van der Waals surface area contributed by atoms with Crippen molar-refractivity contribution in [1.82, 2.24) is 24.8 Å². The first-order valence-corrected chi connectivity index (χ1v) is 8.94. The maximum absolute atomic E-state index is 12.4. The van der Waals surface area contributed by atoms with Crippen molar-refractivity contribution in [3.05, 3.63) is 54.0 Å². The fraction of sp³-hybridized carbons (Fsp3) is 0.300. The molecule has 0 spiro atoms. The van der Waals surface area contributed by atoms with Crippen LogP contribution in [0.15, 0.2) is 42.9 Å². The smallest absolute Gasteiger partial charge is 0.251 e. The molecule has 3 heterocycles. The highest BCUT2D eigenvalue weighted by Crippen LogP contribution is 2.20. The number of rotatable bonds is 4. The summed E-state index contributed by atoms with van der Waals surface area (Å²) in [6.07, 6.45) is 6.17. The molecule has 4 rings (SSSR count). The minimum Gasteiger partial charge on any atom is -0.352 e. The Balaban J connectivity index is 1.45. The highest BCUT2D eigenvalue weighted by atomic mass is 16.1. The first-order valence-electron chi connectivity index (χ1n) is 8.94. The van der Waals surface area contributed by atoms with E-state index in [4.69, 9.17) is 5.26 Å². The van der Waals surface area contributed by atoms with Gasteiger partial charge in [0.15, 0.2) is 5.65 Å². The Bertz CT molecular complexity index is 1020. The molecule has 3 aromatic rings. The molecule has 1 N–H and O–H groups in total. The van der Waals surface area contributed by atoms with Gasteiger partial charge in [0, 0.05) is 36.6 Å². The molecule has 7 nitrogen and oxygen atoms in total. The number of hydrogen-bond donors (Lipinski definition) is 1. The van der Waals surface area contributed by atoms with Crippen molar-refractivity contribution in [3.8, 4) is 17.2 Å². The molecule has 0 saturated carbocycles.